The van der Waals surface area contributed by atoms with Crippen LogP contribution < -0.4 is 0 Å². The molecule has 0 aromatic carbocycles. The Morgan fingerprint density at radius 1 is 1.25 bits per heavy atom. The molecule has 0 aromatic heterocycles. The molecule has 0 aromatic rings. The predicted molar refractivity (Wildman–Crippen MR) is 9.23 cm³/mol. The van der Waals surface area contributed by atoms with Crippen molar-refractivity contribution in [1.29, 1.82) is 0 Å². The van der Waals surface area contributed by atoms with Gasteiger partial charge in [0.25, 0.3) is 0 Å². The molecule has 0 aliphatic rings. The molecule has 0 amide bonds. The minimum atomic E-state index is 0. The quantitative estimate of drug-likeness (QED) is 0.515. The van der Waals surface area contributed by atoms with Crippen LogP contribution in [0.5, 0.6) is 0 Å². The van der Waals surface area contributed by atoms with E-state index in [1.54, 1.807) is 0 Å². The molecule has 0 rings (SSSR count). The second-order valence-electron chi connectivity index (χ2n) is 0. The third-order valence-electron chi connectivity index (χ3n) is 0. The predicted octanol–water partition coefficient (Wildman–Crippen LogP) is -1.04. The zero-order valence-corrected chi connectivity index (χ0v) is 8.68. The van der Waals surface area contributed by atoms with E-state index < -0.39 is 0 Å². The van der Waals surface area contributed by atoms with Gasteiger partial charge in [-0.1, -0.05) is 0 Å². The van der Waals surface area contributed by atoms with E-state index in [2.05, 4.69) is 0 Å². The minimum Gasteiger partial charge on any atom is -0.396 e. The molecule has 0 unspecified atom stereocenters. The van der Waals surface area contributed by atoms with Crippen molar-refractivity contribution in [2.75, 3.05) is 0 Å². The molecular formula is H2HfOSiTi. The van der Waals surface area contributed by atoms with E-state index in [1.165, 1.54) is 0 Å². The van der Waals surface area contributed by atoms with E-state index in [0.717, 1.165) is 0 Å². The van der Waals surface area contributed by atoms with Crippen LogP contribution >= 0.6 is 0 Å². The Morgan fingerprint density at radius 3 is 1.25 bits per heavy atom. The summed E-state index contributed by atoms with van der Waals surface area (Å²) in [5.41, 5.74) is 0. The molecule has 0 saturated heterocycles. The maximum atomic E-state index is 8.28. The van der Waals surface area contributed by atoms with Crippen LogP contribution in [0.25, 0.3) is 0 Å². The fourth-order valence-corrected chi connectivity index (χ4v) is 0. The molecule has 0 aliphatic heterocycles. The van der Waals surface area contributed by atoms with E-state index in [4.69, 9.17) is 4.46 Å². The van der Waals surface area contributed by atoms with Crippen molar-refractivity contribution in [3.8, 4) is 0 Å². The SMILES string of the molecule is O=[SiH2].[Hf].[Ti]. The van der Waals surface area contributed by atoms with Gasteiger partial charge in [-0.25, -0.2) is 0 Å². The van der Waals surface area contributed by atoms with E-state index in [0.29, 0.717) is 10.1 Å². The molecule has 0 heterocycles. The van der Waals surface area contributed by atoms with Gasteiger partial charge in [0, 0.05) is 47.6 Å². The molecule has 0 saturated carbocycles. The van der Waals surface area contributed by atoms with Gasteiger partial charge >= 0.3 is 0 Å². The fraction of sp³-hybridized carbons (Fsp3) is 0. The van der Waals surface area contributed by atoms with Gasteiger partial charge in [-0.05, 0) is 0 Å². The Bertz CT molecular complexity index is 8.00. The average Bonchev–Trinajstić information content (AvgIpc) is 1.00. The molecule has 0 aliphatic carbocycles. The van der Waals surface area contributed by atoms with Gasteiger partial charge in [0.2, 0.25) is 10.1 Å². The molecule has 1 nitrogen and oxygen atoms in total. The van der Waals surface area contributed by atoms with Crippen LogP contribution in [0.15, 0.2) is 0 Å². The molecule has 0 radical (unpaired) electrons. The van der Waals surface area contributed by atoms with Gasteiger partial charge in [-0.15, -0.1) is 0 Å². The summed E-state index contributed by atoms with van der Waals surface area (Å²) < 4.78 is 8.28. The molecule has 0 N–H and O–H groups in total. The Kier molecular flexibility index (Phi) is 102. The van der Waals surface area contributed by atoms with Crippen LogP contribution in [0.3, 0.4) is 0 Å². The van der Waals surface area contributed by atoms with Crippen LogP contribution in [0.2, 0.25) is 0 Å². The first-order valence-corrected chi connectivity index (χ1v) is 0.866. The van der Waals surface area contributed by atoms with E-state index in [-0.39, 0.29) is 47.6 Å². The smallest absolute Gasteiger partial charge is 0.245 e. The Labute approximate surface area is 61.7 Å². The maximum Gasteiger partial charge on any atom is 0.245 e. The summed E-state index contributed by atoms with van der Waals surface area (Å²) >= 11 is 0. The summed E-state index contributed by atoms with van der Waals surface area (Å²) in [6, 6.07) is 0. The van der Waals surface area contributed by atoms with Crippen LogP contribution in [0, 0.1) is 0 Å². The zero-order valence-electron chi connectivity index (χ0n) is 2.12. The summed E-state index contributed by atoms with van der Waals surface area (Å²) in [7, 11) is 0.611. The van der Waals surface area contributed by atoms with Gasteiger partial charge in [-0.3, -0.25) is 0 Å². The minimum absolute atomic E-state index is 0. The first-order chi connectivity index (χ1) is 1.00. The van der Waals surface area contributed by atoms with E-state index in [9.17, 15) is 0 Å². The van der Waals surface area contributed by atoms with Gasteiger partial charge in [0.1, 0.15) is 0 Å². The maximum absolute atomic E-state index is 8.28. The Morgan fingerprint density at radius 2 is 1.25 bits per heavy atom. The van der Waals surface area contributed by atoms with Crippen LogP contribution in [-0.4, -0.2) is 10.1 Å². The van der Waals surface area contributed by atoms with Crippen LogP contribution in [0.1, 0.15) is 0 Å². The average molecular weight is 272 g/mol. The molecule has 0 bridgehead atoms. The normalized spacial score (nSPS) is 1.00. The van der Waals surface area contributed by atoms with Gasteiger partial charge in [0.15, 0.2) is 0 Å². The number of rotatable bonds is 0. The van der Waals surface area contributed by atoms with Gasteiger partial charge in [-0.2, -0.15) is 0 Å². The third-order valence-corrected chi connectivity index (χ3v) is 0. The van der Waals surface area contributed by atoms with Crippen molar-refractivity contribution < 1.29 is 52.0 Å². The topological polar surface area (TPSA) is 17.1 Å². The Balaban J connectivity index is -0.00000000500. The standard InChI is InChI=1S/Hf.H2OSi.Ti/c;1-2;/h;2H2;. The first kappa shape index (κ1) is 17.5. The van der Waals surface area contributed by atoms with Crippen molar-refractivity contribution in [3.63, 3.8) is 0 Å². The second-order valence-corrected chi connectivity index (χ2v) is 0. The number of hydrogen-bond acceptors (Lipinski definition) is 1. The van der Waals surface area contributed by atoms with Gasteiger partial charge < -0.3 is 4.46 Å². The van der Waals surface area contributed by atoms with E-state index >= 15 is 0 Å². The molecular weight excluding hydrogens is 270 g/mol. The van der Waals surface area contributed by atoms with Crippen LogP contribution in [0.4, 0.5) is 0 Å². The van der Waals surface area contributed by atoms with Crippen molar-refractivity contribution in [1.82, 2.24) is 0 Å². The van der Waals surface area contributed by atoms with Gasteiger partial charge in [0.05, 0.1) is 0 Å². The Hall–Kier alpha value is 1.60. The molecule has 0 fully saturated rings. The van der Waals surface area contributed by atoms with E-state index in [1.807, 2.05) is 0 Å². The zero-order chi connectivity index (χ0) is 2.00. The van der Waals surface area contributed by atoms with Crippen molar-refractivity contribution in [2.45, 2.75) is 0 Å². The third kappa shape index (κ3) is 9.50. The summed E-state index contributed by atoms with van der Waals surface area (Å²) in [5, 5.41) is 0. The summed E-state index contributed by atoms with van der Waals surface area (Å²) in [4.78, 5) is 0. The van der Waals surface area contributed by atoms with Crippen molar-refractivity contribution >= 4 is 10.1 Å². The van der Waals surface area contributed by atoms with Crippen molar-refractivity contribution in [2.24, 2.45) is 0 Å². The largest absolute Gasteiger partial charge is 0.396 e. The molecule has 4 heteroatoms. The summed E-state index contributed by atoms with van der Waals surface area (Å²) in [6.07, 6.45) is 0. The molecule has 0 atom stereocenters. The van der Waals surface area contributed by atoms with Crippen molar-refractivity contribution in [3.05, 3.63) is 0 Å². The summed E-state index contributed by atoms with van der Waals surface area (Å²) in [5.74, 6) is 0. The second kappa shape index (κ2) is 23.3. The number of hydrogen-bond donors (Lipinski definition) is 0. The monoisotopic (exact) mass is 274 g/mol. The fourth-order valence-electron chi connectivity index (χ4n) is 0. The first-order valence-electron chi connectivity index (χ1n) is 0.289. The molecule has 0 spiro atoms. The summed E-state index contributed by atoms with van der Waals surface area (Å²) in [6.45, 7) is 0. The molecule has 20 valence electrons. The molecule has 4 heavy (non-hydrogen) atoms. The van der Waals surface area contributed by atoms with Crippen LogP contribution in [-0.2, 0) is 52.0 Å².